The number of hydrogen-bond donors (Lipinski definition) is 2. The highest BCUT2D eigenvalue weighted by Gasteiger charge is 2.38. The van der Waals surface area contributed by atoms with Crippen LogP contribution in [0.1, 0.15) is 17.4 Å². The van der Waals surface area contributed by atoms with E-state index < -0.39 is 34.7 Å². The number of rotatable bonds is 3. The summed E-state index contributed by atoms with van der Waals surface area (Å²) in [4.78, 5) is 10.6. The average molecular weight is 481 g/mol. The molecule has 14 heteroatoms. The maximum absolute atomic E-state index is 14.6. The first-order valence-corrected chi connectivity index (χ1v) is 9.99. The molecular formula is C20H16F5N7O2. The molecule has 2 N–H and O–H groups in total. The summed E-state index contributed by atoms with van der Waals surface area (Å²) >= 11 is 0. The molecule has 1 fully saturated rings. The van der Waals surface area contributed by atoms with E-state index in [1.807, 2.05) is 4.90 Å². The second-order valence-corrected chi connectivity index (χ2v) is 7.63. The van der Waals surface area contributed by atoms with Crippen LogP contribution in [0.4, 0.5) is 27.9 Å². The number of nitrogens with one attached hydrogen (secondary N) is 1. The zero-order valence-electron chi connectivity index (χ0n) is 17.4. The van der Waals surface area contributed by atoms with E-state index in [2.05, 4.69) is 25.3 Å². The number of phenolic OH excluding ortho intramolecular Hbond substituents is 1. The lowest BCUT2D eigenvalue weighted by Crippen LogP contribution is -2.39. The van der Waals surface area contributed by atoms with Crippen molar-refractivity contribution in [3.8, 4) is 17.0 Å². The van der Waals surface area contributed by atoms with Crippen molar-refractivity contribution in [2.75, 3.05) is 24.6 Å². The first kappa shape index (κ1) is 22.0. The Bertz CT molecular complexity index is 1370. The quantitative estimate of drug-likeness (QED) is 0.433. The van der Waals surface area contributed by atoms with Gasteiger partial charge < -0.3 is 14.7 Å². The van der Waals surface area contributed by atoms with Crippen LogP contribution in [0.25, 0.3) is 22.3 Å². The summed E-state index contributed by atoms with van der Waals surface area (Å²) in [5, 5.41) is 20.7. The third-order valence-electron chi connectivity index (χ3n) is 5.51. The minimum Gasteiger partial charge on any atom is -0.503 e. The first-order chi connectivity index (χ1) is 16.1. The molecule has 0 saturated carbocycles. The number of aromatic amines is 1. The van der Waals surface area contributed by atoms with Crippen molar-refractivity contribution in [2.24, 2.45) is 7.05 Å². The molecule has 1 aliphatic rings. The highest BCUT2D eigenvalue weighted by Crippen LogP contribution is 2.41. The van der Waals surface area contributed by atoms with Gasteiger partial charge in [0.25, 0.3) is 0 Å². The molecule has 1 saturated heterocycles. The van der Waals surface area contributed by atoms with E-state index in [9.17, 15) is 27.1 Å². The molecule has 4 aromatic rings. The van der Waals surface area contributed by atoms with Crippen molar-refractivity contribution in [1.82, 2.24) is 29.9 Å². The summed E-state index contributed by atoms with van der Waals surface area (Å²) in [6.45, 7) is 1.26. The van der Waals surface area contributed by atoms with Gasteiger partial charge in [-0.25, -0.2) is 18.4 Å². The largest absolute Gasteiger partial charge is 0.503 e. The highest BCUT2D eigenvalue weighted by atomic mass is 19.4. The number of ether oxygens (including phenoxy) is 1. The van der Waals surface area contributed by atoms with Crippen LogP contribution in [0.2, 0.25) is 0 Å². The van der Waals surface area contributed by atoms with Crippen LogP contribution in [-0.2, 0) is 18.0 Å². The topological polar surface area (TPSA) is 105 Å². The van der Waals surface area contributed by atoms with Crippen molar-refractivity contribution in [3.63, 3.8) is 0 Å². The molecule has 9 nitrogen and oxygen atoms in total. The second kappa shape index (κ2) is 7.90. The molecule has 1 aliphatic heterocycles. The number of anilines is 1. The van der Waals surface area contributed by atoms with Gasteiger partial charge in [-0.05, 0) is 12.1 Å². The molecule has 0 aliphatic carbocycles. The van der Waals surface area contributed by atoms with E-state index in [4.69, 9.17) is 4.74 Å². The fourth-order valence-corrected chi connectivity index (χ4v) is 3.84. The Hall–Kier alpha value is -3.81. The Morgan fingerprint density at radius 2 is 2.03 bits per heavy atom. The van der Waals surface area contributed by atoms with Gasteiger partial charge in [-0.1, -0.05) is 0 Å². The van der Waals surface area contributed by atoms with Gasteiger partial charge in [0.1, 0.15) is 11.8 Å². The Morgan fingerprint density at radius 1 is 1.24 bits per heavy atom. The summed E-state index contributed by atoms with van der Waals surface area (Å²) in [5.74, 6) is -5.08. The number of fused-ring (bicyclic) bond motifs is 1. The third-order valence-corrected chi connectivity index (χ3v) is 5.51. The maximum atomic E-state index is 14.6. The van der Waals surface area contributed by atoms with Crippen molar-refractivity contribution >= 4 is 17.0 Å². The van der Waals surface area contributed by atoms with Crippen molar-refractivity contribution in [3.05, 3.63) is 47.4 Å². The summed E-state index contributed by atoms with van der Waals surface area (Å²) in [6, 6.07) is 2.06. The highest BCUT2D eigenvalue weighted by molar-refractivity contribution is 5.91. The van der Waals surface area contributed by atoms with Gasteiger partial charge >= 0.3 is 6.18 Å². The van der Waals surface area contributed by atoms with Crippen LogP contribution in [0, 0.1) is 11.6 Å². The minimum atomic E-state index is -5.15. The number of aromatic hydroxyl groups is 1. The SMILES string of the molecule is Cn1nc(-c2cc(C(F)(F)F)c(F)c(O)c2F)c2cnc(N3CCOC(c4cc[nH]n4)C3)nc21. The van der Waals surface area contributed by atoms with Crippen molar-refractivity contribution in [2.45, 2.75) is 12.3 Å². The van der Waals surface area contributed by atoms with E-state index in [-0.39, 0.29) is 28.9 Å². The Kier molecular flexibility index (Phi) is 5.11. The fraction of sp³-hybridized carbons (Fsp3) is 0.300. The molecule has 1 unspecified atom stereocenters. The maximum Gasteiger partial charge on any atom is 0.419 e. The van der Waals surface area contributed by atoms with Crippen LogP contribution in [-0.4, -0.2) is 54.7 Å². The number of aromatic nitrogens is 6. The van der Waals surface area contributed by atoms with Gasteiger partial charge in [-0.15, -0.1) is 0 Å². The summed E-state index contributed by atoms with van der Waals surface area (Å²) in [5.41, 5.74) is -1.88. The molecule has 5 rings (SSSR count). The van der Waals surface area contributed by atoms with Gasteiger partial charge in [0, 0.05) is 31.5 Å². The minimum absolute atomic E-state index is 0.126. The van der Waals surface area contributed by atoms with Crippen LogP contribution < -0.4 is 4.90 Å². The molecular weight excluding hydrogens is 465 g/mol. The van der Waals surface area contributed by atoms with Crippen molar-refractivity contribution < 1.29 is 31.8 Å². The van der Waals surface area contributed by atoms with E-state index >= 15 is 0 Å². The number of nitrogens with zero attached hydrogens (tertiary/aromatic N) is 6. The van der Waals surface area contributed by atoms with Gasteiger partial charge in [0.2, 0.25) is 5.95 Å². The van der Waals surface area contributed by atoms with Gasteiger partial charge in [-0.2, -0.15) is 28.4 Å². The lowest BCUT2D eigenvalue weighted by Gasteiger charge is -2.32. The fourth-order valence-electron chi connectivity index (χ4n) is 3.84. The van der Waals surface area contributed by atoms with Gasteiger partial charge in [0.15, 0.2) is 23.0 Å². The summed E-state index contributed by atoms with van der Waals surface area (Å²) in [6.07, 6.45) is -2.50. The molecule has 4 heterocycles. The lowest BCUT2D eigenvalue weighted by atomic mass is 10.0. The molecule has 34 heavy (non-hydrogen) atoms. The lowest BCUT2D eigenvalue weighted by molar-refractivity contribution is -0.140. The molecule has 0 radical (unpaired) electrons. The molecule has 1 atom stereocenters. The molecule has 1 aromatic carbocycles. The number of H-pyrrole nitrogens is 1. The standard InChI is InChI=1S/C20H16F5N7O2/c1-31-18-10(16(30-31)9-6-11(20(23,24)25)15(22)17(33)14(9)21)7-26-19(28-18)32-4-5-34-13(8-32)12-2-3-27-29-12/h2-3,6-7,13,33H,4-5,8H2,1H3,(H,27,29). The summed E-state index contributed by atoms with van der Waals surface area (Å²) in [7, 11) is 1.47. The Morgan fingerprint density at radius 3 is 2.74 bits per heavy atom. The number of phenols is 1. The van der Waals surface area contributed by atoms with E-state index in [0.717, 1.165) is 0 Å². The number of aryl methyl sites for hydroxylation is 1. The van der Waals surface area contributed by atoms with Gasteiger partial charge in [-0.3, -0.25) is 5.10 Å². The van der Waals surface area contributed by atoms with E-state index in [1.54, 1.807) is 12.3 Å². The van der Waals surface area contributed by atoms with Crippen LogP contribution in [0.3, 0.4) is 0 Å². The Labute approximate surface area is 187 Å². The zero-order chi connectivity index (χ0) is 24.2. The average Bonchev–Trinajstić information content (AvgIpc) is 3.46. The first-order valence-electron chi connectivity index (χ1n) is 9.99. The molecule has 3 aromatic heterocycles. The van der Waals surface area contributed by atoms with Crippen LogP contribution in [0.5, 0.6) is 5.75 Å². The predicted molar refractivity (Wildman–Crippen MR) is 108 cm³/mol. The third kappa shape index (κ3) is 3.59. The Balaban J connectivity index is 1.56. The van der Waals surface area contributed by atoms with Gasteiger partial charge in [0.05, 0.1) is 29.8 Å². The smallest absolute Gasteiger partial charge is 0.419 e. The van der Waals surface area contributed by atoms with E-state index in [0.29, 0.717) is 31.3 Å². The number of benzene rings is 1. The molecule has 0 bridgehead atoms. The second-order valence-electron chi connectivity index (χ2n) is 7.63. The normalized spacial score (nSPS) is 17.0. The number of halogens is 5. The number of morpholine rings is 1. The predicted octanol–water partition coefficient (Wildman–Crippen LogP) is 3.33. The van der Waals surface area contributed by atoms with Crippen molar-refractivity contribution in [1.29, 1.82) is 0 Å². The van der Waals surface area contributed by atoms with Crippen LogP contribution >= 0.6 is 0 Å². The number of alkyl halides is 3. The molecule has 178 valence electrons. The number of hydrogen-bond acceptors (Lipinski definition) is 7. The molecule has 0 amide bonds. The molecule has 0 spiro atoms. The zero-order valence-corrected chi connectivity index (χ0v) is 17.4. The summed E-state index contributed by atoms with van der Waals surface area (Å²) < 4.78 is 75.2. The monoisotopic (exact) mass is 481 g/mol. The van der Waals surface area contributed by atoms with Crippen LogP contribution in [0.15, 0.2) is 24.5 Å². The van der Waals surface area contributed by atoms with E-state index in [1.165, 1.54) is 17.9 Å².